The number of hydrogen-bond acceptors (Lipinski definition) is 0. The van der Waals surface area contributed by atoms with Gasteiger partial charge in [0.15, 0.2) is 0 Å². The number of halogens is 4. The van der Waals surface area contributed by atoms with Crippen LogP contribution in [0.25, 0.3) is 0 Å². The van der Waals surface area contributed by atoms with E-state index < -0.39 is 6.00 Å². The van der Waals surface area contributed by atoms with Crippen LogP contribution in [-0.4, -0.2) is 11.0 Å². The maximum atomic E-state index is 5.34. The van der Waals surface area contributed by atoms with Gasteiger partial charge in [-0.2, -0.15) is 0 Å². The monoisotopic (exact) mass is 226 g/mol. The van der Waals surface area contributed by atoms with E-state index in [4.69, 9.17) is 33.2 Å². The predicted molar refractivity (Wildman–Crippen MR) is 37.1 cm³/mol. The van der Waals surface area contributed by atoms with E-state index in [1.54, 1.807) is 0 Å². The molecule has 0 saturated heterocycles. The minimum absolute atomic E-state index is 0.519. The molecule has 0 heterocycles. The molecular formula is CH2BrCl3Si. The molecule has 0 saturated carbocycles. The molecule has 0 aliphatic carbocycles. The molecular weight excluding hydrogens is 226 g/mol. The highest BCUT2D eigenvalue weighted by Gasteiger charge is 2.21. The largest absolute Gasteiger partial charge is 0.351 e. The zero-order valence-corrected chi connectivity index (χ0v) is 7.57. The van der Waals surface area contributed by atoms with E-state index in [0.29, 0.717) is 4.95 Å². The van der Waals surface area contributed by atoms with Crippen molar-refractivity contribution in [3.63, 3.8) is 0 Å². The quantitative estimate of drug-likeness (QED) is 0.368. The Morgan fingerprint density at radius 3 is 1.50 bits per heavy atom. The summed E-state index contributed by atoms with van der Waals surface area (Å²) in [5.74, 6) is 0. The van der Waals surface area contributed by atoms with Crippen molar-refractivity contribution in [2.75, 3.05) is 4.95 Å². The van der Waals surface area contributed by atoms with Crippen molar-refractivity contribution < 1.29 is 0 Å². The van der Waals surface area contributed by atoms with Crippen molar-refractivity contribution in [1.82, 2.24) is 0 Å². The van der Waals surface area contributed by atoms with E-state index in [-0.39, 0.29) is 0 Å². The molecule has 0 atom stereocenters. The van der Waals surface area contributed by atoms with Gasteiger partial charge in [-0.05, 0) is 0 Å². The lowest BCUT2D eigenvalue weighted by atomic mass is 11.9. The summed E-state index contributed by atoms with van der Waals surface area (Å²) >= 11 is 19.1. The van der Waals surface area contributed by atoms with Gasteiger partial charge < -0.3 is 0 Å². The molecule has 0 bridgehead atoms. The van der Waals surface area contributed by atoms with Crippen LogP contribution < -0.4 is 0 Å². The second-order valence-corrected chi connectivity index (χ2v) is 11.5. The first-order chi connectivity index (χ1) is 2.56. The van der Waals surface area contributed by atoms with Crippen LogP contribution in [0.2, 0.25) is 0 Å². The van der Waals surface area contributed by atoms with Crippen molar-refractivity contribution in [2.45, 2.75) is 0 Å². The normalized spacial score (nSPS) is 12.0. The summed E-state index contributed by atoms with van der Waals surface area (Å²) < 4.78 is 0. The summed E-state index contributed by atoms with van der Waals surface area (Å²) in [6.07, 6.45) is 0. The van der Waals surface area contributed by atoms with Crippen LogP contribution in [0.5, 0.6) is 0 Å². The van der Waals surface area contributed by atoms with E-state index in [9.17, 15) is 0 Å². The summed E-state index contributed by atoms with van der Waals surface area (Å²) in [6, 6.07) is -2.30. The van der Waals surface area contributed by atoms with Crippen LogP contribution in [0.1, 0.15) is 0 Å². The Bertz CT molecular complexity index is 40.5. The van der Waals surface area contributed by atoms with Crippen LogP contribution in [0.15, 0.2) is 0 Å². The molecule has 0 unspecified atom stereocenters. The summed E-state index contributed by atoms with van der Waals surface area (Å²) in [5.41, 5.74) is 0. The fourth-order valence-corrected chi connectivity index (χ4v) is 0. The molecule has 0 aliphatic heterocycles. The predicted octanol–water partition coefficient (Wildman–Crippen LogP) is 2.58. The van der Waals surface area contributed by atoms with Crippen molar-refractivity contribution in [1.29, 1.82) is 0 Å². The first-order valence-electron chi connectivity index (χ1n) is 1.19. The highest BCUT2D eigenvalue weighted by molar-refractivity contribution is 9.10. The SMILES string of the molecule is Cl[Si](Cl)(Cl)CBr. The van der Waals surface area contributed by atoms with Gasteiger partial charge in [0.05, 0.1) is 0 Å². The molecule has 0 aromatic rings. The van der Waals surface area contributed by atoms with Gasteiger partial charge in [-0.15, -0.1) is 33.2 Å². The second-order valence-electron chi connectivity index (χ2n) is 0.749. The van der Waals surface area contributed by atoms with E-state index in [1.165, 1.54) is 0 Å². The third-order valence-electron chi connectivity index (χ3n) is 0.152. The number of alkyl halides is 1. The molecule has 0 radical (unpaired) electrons. The zero-order valence-electron chi connectivity index (χ0n) is 2.72. The first kappa shape index (κ1) is 7.57. The van der Waals surface area contributed by atoms with Gasteiger partial charge in [-0.25, -0.2) is 0 Å². The van der Waals surface area contributed by atoms with Crippen molar-refractivity contribution in [3.8, 4) is 0 Å². The standard InChI is InChI=1S/CH2BrCl3Si/c2-1-6(3,4)5/h1H2. The topological polar surface area (TPSA) is 0 Å². The van der Waals surface area contributed by atoms with E-state index in [0.717, 1.165) is 0 Å². The summed E-state index contributed by atoms with van der Waals surface area (Å²) in [5, 5.41) is 0. The van der Waals surface area contributed by atoms with Crippen molar-refractivity contribution >= 4 is 55.2 Å². The Labute approximate surface area is 60.0 Å². The van der Waals surface area contributed by atoms with Crippen LogP contribution >= 0.6 is 49.2 Å². The Kier molecular flexibility index (Phi) is 3.50. The summed E-state index contributed by atoms with van der Waals surface area (Å²) in [6.45, 7) is 0. The number of hydrogen-bond donors (Lipinski definition) is 0. The lowest BCUT2D eigenvalue weighted by Gasteiger charge is -1.96. The molecule has 0 spiro atoms. The number of rotatable bonds is 1. The van der Waals surface area contributed by atoms with Gasteiger partial charge in [0.2, 0.25) is 0 Å². The lowest BCUT2D eigenvalue weighted by Crippen LogP contribution is -2.10. The van der Waals surface area contributed by atoms with Gasteiger partial charge in [-0.3, -0.25) is 0 Å². The van der Waals surface area contributed by atoms with Crippen LogP contribution in [0, 0.1) is 0 Å². The molecule has 0 amide bonds. The fraction of sp³-hybridized carbons (Fsp3) is 1.00. The van der Waals surface area contributed by atoms with Crippen LogP contribution in [0.4, 0.5) is 0 Å². The average Bonchev–Trinajstić information content (AvgIpc) is 1.35. The van der Waals surface area contributed by atoms with Gasteiger partial charge in [0.1, 0.15) is 0 Å². The highest BCUT2D eigenvalue weighted by Crippen LogP contribution is 2.20. The van der Waals surface area contributed by atoms with Gasteiger partial charge >= 0.3 is 6.00 Å². The van der Waals surface area contributed by atoms with Gasteiger partial charge in [0, 0.05) is 4.95 Å². The maximum Gasteiger partial charge on any atom is 0.351 e. The van der Waals surface area contributed by atoms with E-state index in [2.05, 4.69) is 15.9 Å². The van der Waals surface area contributed by atoms with Crippen LogP contribution in [0.3, 0.4) is 0 Å². The molecule has 0 rings (SSSR count). The molecule has 0 fully saturated rings. The third-order valence-corrected chi connectivity index (χ3v) is 7.09. The minimum atomic E-state index is -2.30. The minimum Gasteiger partial charge on any atom is -0.125 e. The highest BCUT2D eigenvalue weighted by atomic mass is 79.9. The van der Waals surface area contributed by atoms with Crippen molar-refractivity contribution in [2.24, 2.45) is 0 Å². The molecule has 0 aliphatic rings. The summed E-state index contributed by atoms with van der Waals surface area (Å²) in [4.78, 5) is 0.519. The molecule has 0 aromatic carbocycles. The molecule has 0 aromatic heterocycles. The Morgan fingerprint density at radius 2 is 1.50 bits per heavy atom. The molecule has 0 nitrogen and oxygen atoms in total. The van der Waals surface area contributed by atoms with E-state index in [1.807, 2.05) is 0 Å². The average molecular weight is 228 g/mol. The summed E-state index contributed by atoms with van der Waals surface area (Å²) in [7, 11) is 0. The van der Waals surface area contributed by atoms with Crippen molar-refractivity contribution in [3.05, 3.63) is 0 Å². The maximum absolute atomic E-state index is 5.34. The fourth-order valence-electron chi connectivity index (χ4n) is 0. The van der Waals surface area contributed by atoms with Gasteiger partial charge in [0.25, 0.3) is 0 Å². The second kappa shape index (κ2) is 2.77. The van der Waals surface area contributed by atoms with E-state index >= 15 is 0 Å². The molecule has 38 valence electrons. The Balaban J connectivity index is 3.17. The zero-order chi connectivity index (χ0) is 5.21. The molecule has 0 N–H and O–H groups in total. The molecule has 6 heavy (non-hydrogen) atoms. The Hall–Kier alpha value is 1.57. The third kappa shape index (κ3) is 5.57. The molecule has 5 heteroatoms. The lowest BCUT2D eigenvalue weighted by molar-refractivity contribution is 2.23. The van der Waals surface area contributed by atoms with Gasteiger partial charge in [-0.1, -0.05) is 15.9 Å². The first-order valence-corrected chi connectivity index (χ1v) is 7.55. The van der Waals surface area contributed by atoms with Crippen LogP contribution in [-0.2, 0) is 0 Å². The Morgan fingerprint density at radius 1 is 1.33 bits per heavy atom. The smallest absolute Gasteiger partial charge is 0.125 e.